The zero-order valence-corrected chi connectivity index (χ0v) is 22.6. The van der Waals surface area contributed by atoms with E-state index in [0.717, 1.165) is 15.4 Å². The number of hydrogen-bond donors (Lipinski definition) is 1. The van der Waals surface area contributed by atoms with Crippen molar-refractivity contribution in [1.29, 1.82) is 0 Å². The van der Waals surface area contributed by atoms with Crippen molar-refractivity contribution >= 4 is 27.5 Å². The van der Waals surface area contributed by atoms with Crippen LogP contribution in [0.4, 0.5) is 5.69 Å². The minimum Gasteiger partial charge on any atom is -0.357 e. The Morgan fingerprint density at radius 2 is 1.43 bits per heavy atom. The number of sulfonamides is 1. The molecule has 0 saturated heterocycles. The number of amides is 2. The number of rotatable bonds is 11. The first-order valence-electron chi connectivity index (χ1n) is 12.4. The number of nitrogens with zero attached hydrogens (tertiary/aromatic N) is 2. The van der Waals surface area contributed by atoms with Crippen molar-refractivity contribution in [2.75, 3.05) is 17.9 Å². The van der Waals surface area contributed by atoms with E-state index in [2.05, 4.69) is 19.2 Å². The molecule has 0 unspecified atom stereocenters. The molecular weight excluding hydrogens is 486 g/mol. The highest BCUT2D eigenvalue weighted by Gasteiger charge is 2.33. The summed E-state index contributed by atoms with van der Waals surface area (Å²) in [5, 5.41) is 2.63. The lowest BCUT2D eigenvalue weighted by Crippen LogP contribution is -2.51. The van der Waals surface area contributed by atoms with Crippen molar-refractivity contribution in [3.05, 3.63) is 96.1 Å². The third kappa shape index (κ3) is 6.77. The number of hydrogen-bond acceptors (Lipinski definition) is 4. The van der Waals surface area contributed by atoms with Gasteiger partial charge in [-0.1, -0.05) is 81.4 Å². The molecule has 0 bridgehead atoms. The van der Waals surface area contributed by atoms with Crippen LogP contribution in [0, 0.1) is 0 Å². The van der Waals surface area contributed by atoms with E-state index in [1.54, 1.807) is 30.3 Å². The fourth-order valence-corrected chi connectivity index (χ4v) is 5.58. The van der Waals surface area contributed by atoms with Crippen molar-refractivity contribution in [2.24, 2.45) is 0 Å². The standard InChI is InChI=1S/C29H35N3O4S/c1-5-27(29(34)30-4)31(20-23-12-8-6-9-13-23)28(33)21-32(25-18-16-24(17-19-25)22(2)3)37(35,36)26-14-10-7-11-15-26/h6-19,22,27H,5,20-21H2,1-4H3,(H,30,34)/t27-/m0/s1. The lowest BCUT2D eigenvalue weighted by atomic mass is 10.0. The first-order valence-corrected chi connectivity index (χ1v) is 13.9. The molecule has 0 heterocycles. The van der Waals surface area contributed by atoms with Gasteiger partial charge in [0.25, 0.3) is 10.0 Å². The Balaban J connectivity index is 2.05. The van der Waals surface area contributed by atoms with E-state index >= 15 is 0 Å². The zero-order valence-electron chi connectivity index (χ0n) is 21.8. The van der Waals surface area contributed by atoms with Gasteiger partial charge in [0.05, 0.1) is 10.6 Å². The van der Waals surface area contributed by atoms with E-state index in [1.807, 2.05) is 49.4 Å². The Labute approximate surface area is 220 Å². The molecule has 1 N–H and O–H groups in total. The molecule has 0 aliphatic rings. The van der Waals surface area contributed by atoms with Crippen LogP contribution in [-0.4, -0.2) is 44.8 Å². The van der Waals surface area contributed by atoms with Crippen molar-refractivity contribution in [1.82, 2.24) is 10.2 Å². The summed E-state index contributed by atoms with van der Waals surface area (Å²) in [6, 6.07) is 23.9. The molecule has 37 heavy (non-hydrogen) atoms. The molecule has 0 aromatic heterocycles. The largest absolute Gasteiger partial charge is 0.357 e. The number of benzene rings is 3. The fourth-order valence-electron chi connectivity index (χ4n) is 4.14. The summed E-state index contributed by atoms with van der Waals surface area (Å²) in [6.07, 6.45) is 0.382. The highest BCUT2D eigenvalue weighted by atomic mass is 32.2. The molecule has 0 fully saturated rings. The second-order valence-electron chi connectivity index (χ2n) is 9.12. The van der Waals surface area contributed by atoms with Gasteiger partial charge >= 0.3 is 0 Å². The van der Waals surface area contributed by atoms with Crippen LogP contribution in [0.15, 0.2) is 89.8 Å². The van der Waals surface area contributed by atoms with E-state index < -0.39 is 28.5 Å². The van der Waals surface area contributed by atoms with Crippen molar-refractivity contribution < 1.29 is 18.0 Å². The van der Waals surface area contributed by atoms with E-state index in [1.165, 1.54) is 24.1 Å². The molecule has 0 aliphatic heterocycles. The highest BCUT2D eigenvalue weighted by molar-refractivity contribution is 7.92. The summed E-state index contributed by atoms with van der Waals surface area (Å²) in [5.41, 5.74) is 2.29. The highest BCUT2D eigenvalue weighted by Crippen LogP contribution is 2.26. The summed E-state index contributed by atoms with van der Waals surface area (Å²) in [5.74, 6) is -0.494. The first kappa shape index (κ1) is 27.9. The average molecular weight is 522 g/mol. The van der Waals surface area contributed by atoms with Crippen LogP contribution >= 0.6 is 0 Å². The van der Waals surface area contributed by atoms with Gasteiger partial charge in [-0.05, 0) is 47.7 Å². The topological polar surface area (TPSA) is 86.8 Å². The van der Waals surface area contributed by atoms with Gasteiger partial charge in [-0.2, -0.15) is 0 Å². The lowest BCUT2D eigenvalue weighted by Gasteiger charge is -2.33. The van der Waals surface area contributed by atoms with Gasteiger partial charge in [0.1, 0.15) is 12.6 Å². The van der Waals surface area contributed by atoms with Gasteiger partial charge < -0.3 is 10.2 Å². The monoisotopic (exact) mass is 521 g/mol. The number of carbonyl (C=O) groups excluding carboxylic acids is 2. The third-order valence-corrected chi connectivity index (χ3v) is 8.07. The van der Waals surface area contributed by atoms with E-state index in [-0.39, 0.29) is 23.3 Å². The molecule has 0 saturated carbocycles. The average Bonchev–Trinajstić information content (AvgIpc) is 2.92. The van der Waals surface area contributed by atoms with Crippen molar-refractivity contribution in [2.45, 2.75) is 50.6 Å². The fraction of sp³-hybridized carbons (Fsp3) is 0.310. The SMILES string of the molecule is CC[C@@H](C(=O)NC)N(Cc1ccccc1)C(=O)CN(c1ccc(C(C)C)cc1)S(=O)(=O)c1ccccc1. The zero-order chi connectivity index (χ0) is 27.0. The van der Waals surface area contributed by atoms with Crippen molar-refractivity contribution in [3.8, 4) is 0 Å². The van der Waals surface area contributed by atoms with Gasteiger partial charge in [0, 0.05) is 13.6 Å². The second-order valence-corrected chi connectivity index (χ2v) is 11.0. The molecule has 0 aliphatic carbocycles. The van der Waals surface area contributed by atoms with Crippen LogP contribution in [0.2, 0.25) is 0 Å². The van der Waals surface area contributed by atoms with Crippen LogP contribution in [0.1, 0.15) is 44.2 Å². The predicted octanol–water partition coefficient (Wildman–Crippen LogP) is 4.56. The predicted molar refractivity (Wildman–Crippen MR) is 147 cm³/mol. The van der Waals surface area contributed by atoms with Crippen LogP contribution in [0.25, 0.3) is 0 Å². The van der Waals surface area contributed by atoms with Gasteiger partial charge in [-0.25, -0.2) is 8.42 Å². The van der Waals surface area contributed by atoms with Gasteiger partial charge in [-0.3, -0.25) is 13.9 Å². The molecule has 7 nitrogen and oxygen atoms in total. The van der Waals surface area contributed by atoms with Crippen molar-refractivity contribution in [3.63, 3.8) is 0 Å². The molecule has 3 rings (SSSR count). The minimum absolute atomic E-state index is 0.0867. The van der Waals surface area contributed by atoms with Gasteiger partial charge in [-0.15, -0.1) is 0 Å². The quantitative estimate of drug-likeness (QED) is 0.401. The Morgan fingerprint density at radius 1 is 0.865 bits per heavy atom. The molecule has 196 valence electrons. The van der Waals surface area contributed by atoms with Crippen LogP contribution in [0.3, 0.4) is 0 Å². The molecule has 1 atom stereocenters. The molecular formula is C29H35N3O4S. The molecule has 0 spiro atoms. The summed E-state index contributed by atoms with van der Waals surface area (Å²) >= 11 is 0. The van der Waals surface area contributed by atoms with Crippen LogP contribution < -0.4 is 9.62 Å². The maximum atomic E-state index is 13.8. The first-order chi connectivity index (χ1) is 17.7. The van der Waals surface area contributed by atoms with E-state index in [4.69, 9.17) is 0 Å². The third-order valence-electron chi connectivity index (χ3n) is 6.29. The lowest BCUT2D eigenvalue weighted by molar-refractivity contribution is -0.140. The van der Waals surface area contributed by atoms with E-state index in [0.29, 0.717) is 12.1 Å². The number of carbonyl (C=O) groups is 2. The second kappa shape index (κ2) is 12.5. The van der Waals surface area contributed by atoms with E-state index in [9.17, 15) is 18.0 Å². The molecule has 2 amide bonds. The Bertz CT molecular complexity index is 1280. The number of anilines is 1. The molecule has 3 aromatic carbocycles. The Kier molecular flexibility index (Phi) is 9.47. The number of nitrogens with one attached hydrogen (secondary N) is 1. The maximum Gasteiger partial charge on any atom is 0.264 e. The summed E-state index contributed by atoms with van der Waals surface area (Å²) in [7, 11) is -2.54. The number of likely N-dealkylation sites (N-methyl/N-ethyl adjacent to an activating group) is 1. The Hall–Kier alpha value is -3.65. The maximum absolute atomic E-state index is 13.8. The smallest absolute Gasteiger partial charge is 0.264 e. The summed E-state index contributed by atoms with van der Waals surface area (Å²) in [6.45, 7) is 5.67. The van der Waals surface area contributed by atoms with Crippen LogP contribution in [0.5, 0.6) is 0 Å². The minimum atomic E-state index is -4.06. The Morgan fingerprint density at radius 3 is 1.95 bits per heavy atom. The molecule has 0 radical (unpaired) electrons. The van der Waals surface area contributed by atoms with Crippen LogP contribution in [-0.2, 0) is 26.2 Å². The van der Waals surface area contributed by atoms with Gasteiger partial charge in [0.15, 0.2) is 0 Å². The summed E-state index contributed by atoms with van der Waals surface area (Å²) in [4.78, 5) is 28.1. The molecule has 3 aromatic rings. The van der Waals surface area contributed by atoms with Gasteiger partial charge in [0.2, 0.25) is 11.8 Å². The summed E-state index contributed by atoms with van der Waals surface area (Å²) < 4.78 is 28.7. The molecule has 8 heteroatoms. The normalized spacial score (nSPS) is 12.1.